The molecule has 2 atom stereocenters. The van der Waals surface area contributed by atoms with Gasteiger partial charge in [0.2, 0.25) is 11.8 Å². The van der Waals surface area contributed by atoms with Crippen molar-refractivity contribution in [3.05, 3.63) is 71.0 Å². The Hall–Kier alpha value is -3.22. The minimum atomic E-state index is -0.387. The monoisotopic (exact) mass is 465 g/mol. The molecular formula is C27H32FN3O3. The lowest BCUT2D eigenvalue weighted by Gasteiger charge is -2.41. The summed E-state index contributed by atoms with van der Waals surface area (Å²) >= 11 is 0. The number of carbonyl (C=O) groups is 3. The molecule has 2 aromatic rings. The van der Waals surface area contributed by atoms with Crippen LogP contribution < -0.4 is 0 Å². The van der Waals surface area contributed by atoms with Crippen molar-refractivity contribution < 1.29 is 18.8 Å². The highest BCUT2D eigenvalue weighted by Gasteiger charge is 2.37. The Balaban J connectivity index is 1.55. The standard InChI is InChI=1S/C27H32FN3O3/c1-3-20-4-6-21(7-5-20)23-16-24(27(34)30-14-12-29(13-15-30)19(2)32)18-31(17-23)26(33)22-8-10-25(28)11-9-22/h4-11,23-24H,3,12-18H2,1-2H3. The quantitative estimate of drug-likeness (QED) is 0.696. The smallest absolute Gasteiger partial charge is 0.253 e. The zero-order valence-corrected chi connectivity index (χ0v) is 19.9. The lowest BCUT2D eigenvalue weighted by atomic mass is 9.83. The largest absolute Gasteiger partial charge is 0.339 e. The highest BCUT2D eigenvalue weighted by molar-refractivity contribution is 5.94. The van der Waals surface area contributed by atoms with E-state index < -0.39 is 0 Å². The summed E-state index contributed by atoms with van der Waals surface area (Å²) in [7, 11) is 0. The first-order valence-corrected chi connectivity index (χ1v) is 12.0. The molecule has 2 aromatic carbocycles. The van der Waals surface area contributed by atoms with Crippen molar-refractivity contribution in [1.29, 1.82) is 0 Å². The zero-order valence-electron chi connectivity index (χ0n) is 19.9. The number of benzene rings is 2. The molecule has 0 radical (unpaired) electrons. The molecule has 0 aliphatic carbocycles. The van der Waals surface area contributed by atoms with Gasteiger partial charge in [-0.25, -0.2) is 4.39 Å². The van der Waals surface area contributed by atoms with Gasteiger partial charge in [-0.2, -0.15) is 0 Å². The average Bonchev–Trinajstić information content (AvgIpc) is 2.88. The lowest BCUT2D eigenvalue weighted by Crippen LogP contribution is -2.54. The van der Waals surface area contributed by atoms with Crippen molar-refractivity contribution in [3.8, 4) is 0 Å². The zero-order chi connectivity index (χ0) is 24.2. The van der Waals surface area contributed by atoms with Crippen molar-refractivity contribution >= 4 is 17.7 Å². The number of likely N-dealkylation sites (tertiary alicyclic amines) is 1. The number of nitrogens with zero attached hydrogens (tertiary/aromatic N) is 3. The summed E-state index contributed by atoms with van der Waals surface area (Å²) in [6, 6.07) is 14.0. The number of amides is 3. The molecule has 0 bridgehead atoms. The number of halogens is 1. The van der Waals surface area contributed by atoms with Crippen molar-refractivity contribution in [2.24, 2.45) is 5.92 Å². The van der Waals surface area contributed by atoms with Crippen molar-refractivity contribution in [3.63, 3.8) is 0 Å². The Morgan fingerprint density at radius 1 is 0.853 bits per heavy atom. The van der Waals surface area contributed by atoms with Gasteiger partial charge in [0.1, 0.15) is 5.82 Å². The van der Waals surface area contributed by atoms with Gasteiger partial charge in [0.05, 0.1) is 5.92 Å². The SMILES string of the molecule is CCc1ccc(C2CC(C(=O)N3CCN(C(C)=O)CC3)CN(C(=O)c3ccc(F)cc3)C2)cc1. The topological polar surface area (TPSA) is 60.9 Å². The van der Waals surface area contributed by atoms with Crippen LogP contribution in [0, 0.1) is 11.7 Å². The molecule has 3 amide bonds. The van der Waals surface area contributed by atoms with E-state index in [1.165, 1.54) is 29.8 Å². The normalized spacial score (nSPS) is 20.9. The third-order valence-corrected chi connectivity index (χ3v) is 7.07. The van der Waals surface area contributed by atoms with Gasteiger partial charge in [-0.3, -0.25) is 14.4 Å². The van der Waals surface area contributed by atoms with Crippen molar-refractivity contribution in [2.45, 2.75) is 32.6 Å². The van der Waals surface area contributed by atoms with Gasteiger partial charge < -0.3 is 14.7 Å². The second-order valence-electron chi connectivity index (χ2n) is 9.27. The summed E-state index contributed by atoms with van der Waals surface area (Å²) in [6.07, 6.45) is 1.62. The van der Waals surface area contributed by atoms with Gasteiger partial charge in [0.15, 0.2) is 0 Å². The number of carbonyl (C=O) groups excluding carboxylic acids is 3. The molecule has 0 aromatic heterocycles. The number of piperidine rings is 1. The van der Waals surface area contributed by atoms with Crippen LogP contribution in [0.4, 0.5) is 4.39 Å². The highest BCUT2D eigenvalue weighted by atomic mass is 19.1. The van der Waals surface area contributed by atoms with Crippen LogP contribution in [0.2, 0.25) is 0 Å². The van der Waals surface area contributed by atoms with E-state index in [-0.39, 0.29) is 35.4 Å². The van der Waals surface area contributed by atoms with Crippen LogP contribution in [0.15, 0.2) is 48.5 Å². The molecule has 2 saturated heterocycles. The van der Waals surface area contributed by atoms with Crippen LogP contribution in [0.5, 0.6) is 0 Å². The molecule has 6 nitrogen and oxygen atoms in total. The van der Waals surface area contributed by atoms with Crippen LogP contribution >= 0.6 is 0 Å². The maximum absolute atomic E-state index is 13.5. The number of hydrogen-bond donors (Lipinski definition) is 0. The summed E-state index contributed by atoms with van der Waals surface area (Å²) in [6.45, 7) is 6.61. The van der Waals surface area contributed by atoms with Crippen LogP contribution in [0.1, 0.15) is 47.7 Å². The fraction of sp³-hybridized carbons (Fsp3) is 0.444. The predicted octanol–water partition coefficient (Wildman–Crippen LogP) is 3.32. The molecule has 0 saturated carbocycles. The summed E-state index contributed by atoms with van der Waals surface area (Å²) in [5.41, 5.74) is 2.78. The van der Waals surface area contributed by atoms with E-state index in [1.54, 1.807) is 16.7 Å². The first-order valence-electron chi connectivity index (χ1n) is 12.0. The molecule has 0 spiro atoms. The van der Waals surface area contributed by atoms with Crippen molar-refractivity contribution in [1.82, 2.24) is 14.7 Å². The molecule has 180 valence electrons. The van der Waals surface area contributed by atoms with Crippen molar-refractivity contribution in [2.75, 3.05) is 39.3 Å². The molecule has 34 heavy (non-hydrogen) atoms. The second kappa shape index (κ2) is 10.4. The van der Waals surface area contributed by atoms with E-state index in [0.717, 1.165) is 12.0 Å². The summed E-state index contributed by atoms with van der Waals surface area (Å²) in [5, 5.41) is 0. The first kappa shape index (κ1) is 23.9. The van der Waals surface area contributed by atoms with E-state index in [2.05, 4.69) is 31.2 Å². The third kappa shape index (κ3) is 5.29. The minimum absolute atomic E-state index is 0.0245. The van der Waals surface area contributed by atoms with Gasteiger partial charge in [-0.15, -0.1) is 0 Å². The molecule has 0 N–H and O–H groups in total. The minimum Gasteiger partial charge on any atom is -0.339 e. The first-order chi connectivity index (χ1) is 16.4. The van der Waals surface area contributed by atoms with Gasteiger partial charge in [0, 0.05) is 57.7 Å². The molecule has 2 aliphatic heterocycles. The molecule has 2 aliphatic rings. The van der Waals surface area contributed by atoms with E-state index in [9.17, 15) is 18.8 Å². The summed E-state index contributed by atoms with van der Waals surface area (Å²) < 4.78 is 13.4. The average molecular weight is 466 g/mol. The Morgan fingerprint density at radius 2 is 1.47 bits per heavy atom. The van der Waals surface area contributed by atoms with Gasteiger partial charge >= 0.3 is 0 Å². The fourth-order valence-corrected chi connectivity index (χ4v) is 4.99. The Bertz CT molecular complexity index is 1030. The van der Waals surface area contributed by atoms with Gasteiger partial charge in [-0.1, -0.05) is 31.2 Å². The fourth-order valence-electron chi connectivity index (χ4n) is 4.99. The number of hydrogen-bond acceptors (Lipinski definition) is 3. The van der Waals surface area contributed by atoms with E-state index in [1.807, 2.05) is 4.90 Å². The molecule has 2 unspecified atom stereocenters. The van der Waals surface area contributed by atoms with E-state index in [0.29, 0.717) is 51.3 Å². The number of aryl methyl sites for hydroxylation is 1. The summed E-state index contributed by atoms with van der Waals surface area (Å²) in [4.78, 5) is 43.8. The maximum Gasteiger partial charge on any atom is 0.253 e. The summed E-state index contributed by atoms with van der Waals surface area (Å²) in [5.74, 6) is -0.795. The predicted molar refractivity (Wildman–Crippen MR) is 128 cm³/mol. The second-order valence-corrected chi connectivity index (χ2v) is 9.27. The maximum atomic E-state index is 13.5. The lowest BCUT2D eigenvalue weighted by molar-refractivity contribution is -0.142. The van der Waals surface area contributed by atoms with Crippen LogP contribution in [-0.4, -0.2) is 71.7 Å². The van der Waals surface area contributed by atoms with Gasteiger partial charge in [-0.05, 0) is 48.2 Å². The van der Waals surface area contributed by atoms with Crippen LogP contribution in [-0.2, 0) is 16.0 Å². The van der Waals surface area contributed by atoms with E-state index >= 15 is 0 Å². The molecular weight excluding hydrogens is 433 g/mol. The van der Waals surface area contributed by atoms with Gasteiger partial charge in [0.25, 0.3) is 5.91 Å². The van der Waals surface area contributed by atoms with E-state index in [4.69, 9.17) is 0 Å². The highest BCUT2D eigenvalue weighted by Crippen LogP contribution is 2.32. The Labute approximate surface area is 200 Å². The molecule has 4 rings (SSSR count). The van der Waals surface area contributed by atoms with Crippen LogP contribution in [0.25, 0.3) is 0 Å². The number of piperazine rings is 1. The molecule has 2 heterocycles. The Morgan fingerprint density at radius 3 is 2.06 bits per heavy atom. The Kier molecular flexibility index (Phi) is 7.29. The molecule has 2 fully saturated rings. The number of rotatable bonds is 4. The van der Waals surface area contributed by atoms with Crippen LogP contribution in [0.3, 0.4) is 0 Å². The third-order valence-electron chi connectivity index (χ3n) is 7.07. The molecule has 7 heteroatoms.